The minimum atomic E-state index is -0.468. The zero-order valence-electron chi connectivity index (χ0n) is 17.5. The summed E-state index contributed by atoms with van der Waals surface area (Å²) in [5.41, 5.74) is 1.42. The number of ether oxygens (including phenoxy) is 1. The molecular weight excluding hydrogens is 378 g/mol. The highest BCUT2D eigenvalue weighted by molar-refractivity contribution is 6.04. The Kier molecular flexibility index (Phi) is 7.03. The zero-order chi connectivity index (χ0) is 21.5. The summed E-state index contributed by atoms with van der Waals surface area (Å²) in [6, 6.07) is 20.4. The molecule has 2 N–H and O–H groups in total. The maximum atomic E-state index is 12.9. The van der Waals surface area contributed by atoms with Crippen molar-refractivity contribution in [2.24, 2.45) is 0 Å². The highest BCUT2D eigenvalue weighted by Gasteiger charge is 2.22. The van der Waals surface area contributed by atoms with Gasteiger partial charge in [0.05, 0.1) is 19.7 Å². The topological polar surface area (TPSA) is 70.7 Å². The van der Waals surface area contributed by atoms with Crippen molar-refractivity contribution in [3.05, 3.63) is 66.7 Å². The Hall–Kier alpha value is -3.38. The molecule has 1 atom stereocenters. The number of carbonyl (C=O) groups excluding carboxylic acids is 2. The van der Waals surface area contributed by atoms with E-state index in [-0.39, 0.29) is 18.4 Å². The molecule has 0 fully saturated rings. The monoisotopic (exact) mass is 405 g/mol. The van der Waals surface area contributed by atoms with E-state index in [1.54, 1.807) is 19.2 Å². The molecule has 0 spiro atoms. The fraction of sp³-hybridized carbons (Fsp3) is 0.250. The number of hydrogen-bond donors (Lipinski definition) is 2. The zero-order valence-corrected chi connectivity index (χ0v) is 17.5. The summed E-state index contributed by atoms with van der Waals surface area (Å²) < 4.78 is 5.18. The van der Waals surface area contributed by atoms with E-state index in [0.29, 0.717) is 18.0 Å². The summed E-state index contributed by atoms with van der Waals surface area (Å²) in [7, 11) is 1.58. The van der Waals surface area contributed by atoms with Crippen LogP contribution in [-0.2, 0) is 9.59 Å². The Balaban J connectivity index is 1.65. The van der Waals surface area contributed by atoms with Gasteiger partial charge in [-0.05, 0) is 37.1 Å². The van der Waals surface area contributed by atoms with Crippen LogP contribution in [0.3, 0.4) is 0 Å². The molecular formula is C24H27N3O3. The van der Waals surface area contributed by atoms with Gasteiger partial charge in [0, 0.05) is 22.8 Å². The number of benzene rings is 3. The molecule has 0 heterocycles. The Morgan fingerprint density at radius 1 is 1.00 bits per heavy atom. The number of carbonyl (C=O) groups is 2. The highest BCUT2D eigenvalue weighted by atomic mass is 16.5. The molecule has 0 aliphatic rings. The average molecular weight is 405 g/mol. The molecule has 0 saturated heterocycles. The van der Waals surface area contributed by atoms with Crippen molar-refractivity contribution in [1.29, 1.82) is 0 Å². The summed E-state index contributed by atoms with van der Waals surface area (Å²) in [5, 5.41) is 7.91. The van der Waals surface area contributed by atoms with Gasteiger partial charge in [-0.1, -0.05) is 49.4 Å². The Bertz CT molecular complexity index is 1030. The van der Waals surface area contributed by atoms with Crippen LogP contribution in [0.1, 0.15) is 13.8 Å². The first-order chi connectivity index (χ1) is 14.5. The van der Waals surface area contributed by atoms with E-state index in [4.69, 9.17) is 4.74 Å². The van der Waals surface area contributed by atoms with Gasteiger partial charge in [-0.15, -0.1) is 0 Å². The third-order valence-electron chi connectivity index (χ3n) is 5.08. The number of nitrogens with one attached hydrogen (secondary N) is 2. The van der Waals surface area contributed by atoms with Crippen molar-refractivity contribution in [3.8, 4) is 5.75 Å². The van der Waals surface area contributed by atoms with Gasteiger partial charge in [0.1, 0.15) is 5.75 Å². The second-order valence-electron chi connectivity index (χ2n) is 7.04. The first-order valence-electron chi connectivity index (χ1n) is 9.98. The lowest BCUT2D eigenvalue weighted by Gasteiger charge is -2.26. The summed E-state index contributed by atoms with van der Waals surface area (Å²) in [6.07, 6.45) is 0. The predicted octanol–water partition coefficient (Wildman–Crippen LogP) is 4.14. The highest BCUT2D eigenvalue weighted by Crippen LogP contribution is 2.23. The molecule has 3 aromatic rings. The lowest BCUT2D eigenvalue weighted by atomic mass is 10.1. The summed E-state index contributed by atoms with van der Waals surface area (Å²) in [5.74, 6) is 0.334. The van der Waals surface area contributed by atoms with Crippen LogP contribution in [0.2, 0.25) is 0 Å². The molecule has 0 aliphatic heterocycles. The van der Waals surface area contributed by atoms with Gasteiger partial charge in [0.25, 0.3) is 0 Å². The number of anilines is 2. The van der Waals surface area contributed by atoms with Crippen molar-refractivity contribution in [3.63, 3.8) is 0 Å². The maximum Gasteiger partial charge on any atom is 0.241 e. The molecule has 1 unspecified atom stereocenters. The number of nitrogens with zero attached hydrogens (tertiary/aromatic N) is 1. The van der Waals surface area contributed by atoms with Crippen molar-refractivity contribution in [1.82, 2.24) is 4.90 Å². The summed E-state index contributed by atoms with van der Waals surface area (Å²) in [6.45, 7) is 4.41. The second kappa shape index (κ2) is 9.89. The van der Waals surface area contributed by atoms with Gasteiger partial charge in [0.2, 0.25) is 11.8 Å². The van der Waals surface area contributed by atoms with Gasteiger partial charge in [-0.2, -0.15) is 0 Å². The molecule has 0 bridgehead atoms. The van der Waals surface area contributed by atoms with E-state index < -0.39 is 6.04 Å². The average Bonchev–Trinajstić information content (AvgIpc) is 2.77. The Morgan fingerprint density at radius 3 is 2.50 bits per heavy atom. The molecule has 3 aromatic carbocycles. The largest absolute Gasteiger partial charge is 0.497 e. The van der Waals surface area contributed by atoms with Crippen molar-refractivity contribution < 1.29 is 14.3 Å². The quantitative estimate of drug-likeness (QED) is 0.591. The van der Waals surface area contributed by atoms with Crippen molar-refractivity contribution >= 4 is 34.0 Å². The van der Waals surface area contributed by atoms with E-state index >= 15 is 0 Å². The third-order valence-corrected chi connectivity index (χ3v) is 5.08. The standard InChI is InChI=1S/C24H27N3O3/c1-4-27(16-23(28)25-19-11-8-12-20(15-19)30-3)17(2)24(29)26-22-14-7-10-18-9-5-6-13-21(18)22/h5-15,17H,4,16H2,1-3H3,(H,25,28)(H,26,29). The van der Waals surface area contributed by atoms with E-state index in [1.807, 2.05) is 73.3 Å². The van der Waals surface area contributed by atoms with E-state index in [9.17, 15) is 9.59 Å². The van der Waals surface area contributed by atoms with Gasteiger partial charge in [0.15, 0.2) is 0 Å². The molecule has 0 radical (unpaired) electrons. The molecule has 0 aromatic heterocycles. The van der Waals surface area contributed by atoms with E-state index in [1.165, 1.54) is 0 Å². The van der Waals surface area contributed by atoms with Crippen LogP contribution in [0.15, 0.2) is 66.7 Å². The first-order valence-corrected chi connectivity index (χ1v) is 9.98. The molecule has 156 valence electrons. The normalized spacial score (nSPS) is 11.9. The smallest absolute Gasteiger partial charge is 0.241 e. The fourth-order valence-electron chi connectivity index (χ4n) is 3.35. The van der Waals surface area contributed by atoms with Crippen LogP contribution >= 0.6 is 0 Å². The van der Waals surface area contributed by atoms with Crippen LogP contribution in [-0.4, -0.2) is 43.0 Å². The maximum absolute atomic E-state index is 12.9. The first kappa shape index (κ1) is 21.3. The lowest BCUT2D eigenvalue weighted by molar-refractivity contribution is -0.123. The second-order valence-corrected chi connectivity index (χ2v) is 7.04. The molecule has 0 aliphatic carbocycles. The molecule has 0 saturated carbocycles. The number of fused-ring (bicyclic) bond motifs is 1. The van der Waals surface area contributed by atoms with Crippen molar-refractivity contribution in [2.75, 3.05) is 30.8 Å². The minimum Gasteiger partial charge on any atom is -0.497 e. The third kappa shape index (κ3) is 5.15. The summed E-state index contributed by atoms with van der Waals surface area (Å²) in [4.78, 5) is 27.2. The van der Waals surface area contributed by atoms with Crippen molar-refractivity contribution in [2.45, 2.75) is 19.9 Å². The van der Waals surface area contributed by atoms with Crippen LogP contribution < -0.4 is 15.4 Å². The molecule has 6 heteroatoms. The number of likely N-dealkylation sites (N-methyl/N-ethyl adjacent to an activating group) is 1. The van der Waals surface area contributed by atoms with Crippen LogP contribution in [0.5, 0.6) is 5.75 Å². The predicted molar refractivity (Wildman–Crippen MR) is 121 cm³/mol. The summed E-state index contributed by atoms with van der Waals surface area (Å²) >= 11 is 0. The number of hydrogen-bond acceptors (Lipinski definition) is 4. The van der Waals surface area contributed by atoms with Crippen LogP contribution in [0.4, 0.5) is 11.4 Å². The van der Waals surface area contributed by atoms with Crippen LogP contribution in [0, 0.1) is 0 Å². The van der Waals surface area contributed by atoms with Gasteiger partial charge in [-0.3, -0.25) is 14.5 Å². The number of amides is 2. The van der Waals surface area contributed by atoms with Crippen LogP contribution in [0.25, 0.3) is 10.8 Å². The minimum absolute atomic E-state index is 0.109. The van der Waals surface area contributed by atoms with Gasteiger partial charge in [-0.25, -0.2) is 0 Å². The van der Waals surface area contributed by atoms with Gasteiger partial charge < -0.3 is 15.4 Å². The molecule has 2 amide bonds. The van der Waals surface area contributed by atoms with Gasteiger partial charge >= 0.3 is 0 Å². The lowest BCUT2D eigenvalue weighted by Crippen LogP contribution is -2.45. The fourth-order valence-corrected chi connectivity index (χ4v) is 3.35. The molecule has 6 nitrogen and oxygen atoms in total. The number of rotatable bonds is 8. The number of methoxy groups -OCH3 is 1. The van der Waals surface area contributed by atoms with E-state index in [2.05, 4.69) is 10.6 Å². The molecule has 3 rings (SSSR count). The van der Waals surface area contributed by atoms with E-state index in [0.717, 1.165) is 16.5 Å². The Labute approximate surface area is 176 Å². The Morgan fingerprint density at radius 2 is 1.73 bits per heavy atom. The molecule has 30 heavy (non-hydrogen) atoms. The SMILES string of the molecule is CCN(CC(=O)Nc1cccc(OC)c1)C(C)C(=O)Nc1cccc2ccccc12.